The summed E-state index contributed by atoms with van der Waals surface area (Å²) >= 11 is 0. The van der Waals surface area contributed by atoms with Crippen LogP contribution in [0.15, 0.2) is 41.4 Å². The van der Waals surface area contributed by atoms with E-state index < -0.39 is 33.4 Å². The molecule has 1 unspecified atom stereocenters. The maximum Gasteiger partial charge on any atom is 0.244 e. The molecule has 10 heteroatoms. The van der Waals surface area contributed by atoms with E-state index in [-0.39, 0.29) is 23.4 Å². The summed E-state index contributed by atoms with van der Waals surface area (Å²) in [7, 11) is 1.68. The Morgan fingerprint density at radius 3 is 2.57 bits per heavy atom. The Labute approximate surface area is 208 Å². The molecule has 194 valence electrons. The van der Waals surface area contributed by atoms with E-state index in [1.165, 1.54) is 10.9 Å². The first-order valence-electron chi connectivity index (χ1n) is 12.1. The monoisotopic (exact) mass is 506 g/mol. The van der Waals surface area contributed by atoms with Gasteiger partial charge in [0, 0.05) is 25.8 Å². The molecule has 9 nitrogen and oxygen atoms in total. The topological polar surface area (TPSA) is 117 Å². The smallest absolute Gasteiger partial charge is 0.244 e. The molecule has 2 saturated heterocycles. The van der Waals surface area contributed by atoms with Crippen LogP contribution in [0.5, 0.6) is 0 Å². The van der Waals surface area contributed by atoms with E-state index in [0.29, 0.717) is 31.4 Å². The minimum Gasteiger partial charge on any atom is -0.389 e. The van der Waals surface area contributed by atoms with Crippen LogP contribution < -0.4 is 4.72 Å². The molecule has 0 saturated carbocycles. The van der Waals surface area contributed by atoms with Crippen molar-refractivity contribution in [3.05, 3.63) is 47.8 Å². The normalized spacial score (nSPS) is 32.4. The van der Waals surface area contributed by atoms with Gasteiger partial charge in [0.1, 0.15) is 4.90 Å². The van der Waals surface area contributed by atoms with E-state index in [4.69, 9.17) is 4.74 Å². The highest BCUT2D eigenvalue weighted by Crippen LogP contribution is 2.51. The molecule has 1 aromatic heterocycles. The number of aromatic nitrogens is 2. The molecule has 2 aliphatic rings. The van der Waals surface area contributed by atoms with E-state index in [0.717, 1.165) is 5.56 Å². The summed E-state index contributed by atoms with van der Waals surface area (Å²) in [5.41, 5.74) is -0.388. The molecular formula is C25H38N4O5S. The van der Waals surface area contributed by atoms with Crippen molar-refractivity contribution in [2.45, 2.75) is 79.8 Å². The third kappa shape index (κ3) is 5.05. The van der Waals surface area contributed by atoms with Gasteiger partial charge in [-0.15, -0.1) is 0 Å². The van der Waals surface area contributed by atoms with Crippen molar-refractivity contribution >= 4 is 10.0 Å². The number of fused-ring (bicyclic) bond motifs is 2. The fourth-order valence-corrected chi connectivity index (χ4v) is 7.24. The van der Waals surface area contributed by atoms with Crippen LogP contribution in [-0.2, 0) is 21.8 Å². The number of aryl methyl sites for hydroxylation is 2. The standard InChI is InChI=1S/C25H38N4O5S/c1-17-21(16-29(5)27-17)35(32,33)26-15-22(30)25-12-11-20(28(3)4)23(31)24(2,34-25)13-19(14-25)18-9-7-6-8-10-18/h6-10,16,19-20,22-23,26,30-31H,11-15H2,1-5H3/t19-,20-,22?,23+,24+,25+/m1/s1. The molecule has 2 aromatic rings. The number of aliphatic hydroxyl groups excluding tert-OH is 2. The zero-order valence-corrected chi connectivity index (χ0v) is 22.0. The van der Waals surface area contributed by atoms with Gasteiger partial charge in [-0.05, 0) is 65.1 Å². The van der Waals surface area contributed by atoms with E-state index >= 15 is 0 Å². The maximum atomic E-state index is 13.0. The van der Waals surface area contributed by atoms with E-state index in [1.807, 2.05) is 44.1 Å². The SMILES string of the molecule is Cc1nn(C)cc1S(=O)(=O)NCC(O)[C@]12CC[C@@H](N(C)C)[C@H](O)[C@](C)(C[C@@H](c3ccccc3)C1)O2. The number of likely N-dealkylation sites (N-methyl/N-ethyl adjacent to an activating group) is 1. The van der Waals surface area contributed by atoms with Gasteiger partial charge in [-0.2, -0.15) is 5.10 Å². The first-order valence-corrected chi connectivity index (χ1v) is 13.6. The number of rotatable bonds is 7. The third-order valence-corrected chi connectivity index (χ3v) is 9.33. The Hall–Kier alpha value is -1.82. The fraction of sp³-hybridized carbons (Fsp3) is 0.640. The van der Waals surface area contributed by atoms with Crippen LogP contribution in [0.2, 0.25) is 0 Å². The lowest BCUT2D eigenvalue weighted by Crippen LogP contribution is -2.61. The predicted octanol–water partition coefficient (Wildman–Crippen LogP) is 1.54. The maximum absolute atomic E-state index is 13.0. The number of aliphatic hydroxyl groups is 2. The summed E-state index contributed by atoms with van der Waals surface area (Å²) in [6.45, 7) is 3.36. The second-order valence-corrected chi connectivity index (χ2v) is 12.4. The van der Waals surface area contributed by atoms with Crippen molar-refractivity contribution in [3.63, 3.8) is 0 Å². The minimum absolute atomic E-state index is 0.0531. The lowest BCUT2D eigenvalue weighted by Gasteiger charge is -2.52. The number of nitrogens with zero attached hydrogens (tertiary/aromatic N) is 3. The summed E-state index contributed by atoms with van der Waals surface area (Å²) in [5, 5.41) is 27.0. The molecule has 0 spiro atoms. The Balaban J connectivity index is 1.65. The molecule has 0 amide bonds. The predicted molar refractivity (Wildman–Crippen MR) is 132 cm³/mol. The lowest BCUT2D eigenvalue weighted by molar-refractivity contribution is -0.250. The minimum atomic E-state index is -3.87. The van der Waals surface area contributed by atoms with Crippen LogP contribution in [0.4, 0.5) is 0 Å². The van der Waals surface area contributed by atoms with Gasteiger partial charge in [0.05, 0.1) is 29.1 Å². The lowest BCUT2D eigenvalue weighted by atomic mass is 9.72. The summed E-state index contributed by atoms with van der Waals surface area (Å²) in [5.74, 6) is 0.0531. The van der Waals surface area contributed by atoms with Gasteiger partial charge in [0.15, 0.2) is 0 Å². The Morgan fingerprint density at radius 2 is 1.97 bits per heavy atom. The zero-order chi connectivity index (χ0) is 25.6. The Morgan fingerprint density at radius 1 is 1.29 bits per heavy atom. The van der Waals surface area contributed by atoms with Crippen molar-refractivity contribution < 1.29 is 23.4 Å². The van der Waals surface area contributed by atoms with Gasteiger partial charge in [-0.3, -0.25) is 4.68 Å². The molecule has 4 rings (SSSR count). The molecule has 2 aliphatic heterocycles. The van der Waals surface area contributed by atoms with Crippen molar-refractivity contribution in [1.29, 1.82) is 0 Å². The Bertz CT molecular complexity index is 1140. The molecular weight excluding hydrogens is 468 g/mol. The second kappa shape index (κ2) is 9.57. The number of hydrogen-bond donors (Lipinski definition) is 3. The molecule has 0 radical (unpaired) electrons. The van der Waals surface area contributed by atoms with Crippen molar-refractivity contribution in [2.75, 3.05) is 20.6 Å². The molecule has 2 bridgehead atoms. The van der Waals surface area contributed by atoms with Crippen LogP contribution in [0.25, 0.3) is 0 Å². The van der Waals surface area contributed by atoms with Gasteiger partial charge in [-0.1, -0.05) is 30.3 Å². The summed E-state index contributed by atoms with van der Waals surface area (Å²) in [6.07, 6.45) is 1.86. The third-order valence-electron chi connectivity index (χ3n) is 7.80. The highest BCUT2D eigenvalue weighted by Gasteiger charge is 2.57. The largest absolute Gasteiger partial charge is 0.389 e. The molecule has 3 heterocycles. The van der Waals surface area contributed by atoms with Crippen molar-refractivity contribution in [1.82, 2.24) is 19.4 Å². The van der Waals surface area contributed by atoms with Crippen LogP contribution in [0, 0.1) is 6.92 Å². The van der Waals surface area contributed by atoms with Gasteiger partial charge in [0.25, 0.3) is 0 Å². The number of nitrogens with one attached hydrogen (secondary N) is 1. The van der Waals surface area contributed by atoms with Gasteiger partial charge in [0.2, 0.25) is 10.0 Å². The van der Waals surface area contributed by atoms with Gasteiger partial charge in [-0.25, -0.2) is 13.1 Å². The van der Waals surface area contributed by atoms with E-state index in [2.05, 4.69) is 22.0 Å². The van der Waals surface area contributed by atoms with Crippen LogP contribution >= 0.6 is 0 Å². The molecule has 2 fully saturated rings. The average molecular weight is 507 g/mol. The quantitative estimate of drug-likeness (QED) is 0.522. The highest BCUT2D eigenvalue weighted by molar-refractivity contribution is 7.89. The van der Waals surface area contributed by atoms with E-state index in [1.54, 1.807) is 14.0 Å². The molecule has 1 aromatic carbocycles. The molecule has 0 aliphatic carbocycles. The molecule has 3 N–H and O–H groups in total. The molecule has 35 heavy (non-hydrogen) atoms. The van der Waals surface area contributed by atoms with E-state index in [9.17, 15) is 18.6 Å². The molecule has 6 atom stereocenters. The number of hydrogen-bond acceptors (Lipinski definition) is 7. The second-order valence-electron chi connectivity index (χ2n) is 10.6. The average Bonchev–Trinajstić information content (AvgIpc) is 3.12. The van der Waals surface area contributed by atoms with Crippen LogP contribution in [-0.4, -0.2) is 83.4 Å². The Kier molecular flexibility index (Phi) is 7.18. The number of sulfonamides is 1. The van der Waals surface area contributed by atoms with Crippen LogP contribution in [0.3, 0.4) is 0 Å². The first-order chi connectivity index (χ1) is 16.4. The fourth-order valence-electron chi connectivity index (χ4n) is 5.98. The van der Waals surface area contributed by atoms with Gasteiger partial charge >= 0.3 is 0 Å². The number of ether oxygens (including phenoxy) is 1. The highest BCUT2D eigenvalue weighted by atomic mass is 32.2. The summed E-state index contributed by atoms with van der Waals surface area (Å²) in [4.78, 5) is 2.09. The first kappa shape index (κ1) is 26.2. The number of benzene rings is 1. The summed E-state index contributed by atoms with van der Waals surface area (Å²) in [6, 6.07) is 9.93. The van der Waals surface area contributed by atoms with Gasteiger partial charge < -0.3 is 19.8 Å². The van der Waals surface area contributed by atoms with Crippen molar-refractivity contribution in [3.8, 4) is 0 Å². The van der Waals surface area contributed by atoms with Crippen LogP contribution in [0.1, 0.15) is 49.8 Å². The zero-order valence-electron chi connectivity index (χ0n) is 21.2. The summed E-state index contributed by atoms with van der Waals surface area (Å²) < 4.78 is 36.6. The van der Waals surface area contributed by atoms with Crippen molar-refractivity contribution in [2.24, 2.45) is 7.05 Å².